The molecule has 0 fully saturated rings. The number of carbonyl (C=O) groups is 1. The zero-order valence-corrected chi connectivity index (χ0v) is 12.9. The summed E-state index contributed by atoms with van der Waals surface area (Å²) in [4.78, 5) is 11.5. The van der Waals surface area contributed by atoms with E-state index in [1.807, 2.05) is 31.2 Å². The molecule has 0 spiro atoms. The molecule has 0 saturated heterocycles. The molecule has 1 heterocycles. The fourth-order valence-corrected chi connectivity index (χ4v) is 2.24. The van der Waals surface area contributed by atoms with Gasteiger partial charge in [-0.05, 0) is 65.4 Å². The van der Waals surface area contributed by atoms with E-state index in [0.717, 1.165) is 20.8 Å². The number of carbonyl (C=O) groups excluding carboxylic acids is 1. The average molecular weight is 370 g/mol. The van der Waals surface area contributed by atoms with Crippen LogP contribution < -0.4 is 10.6 Å². The van der Waals surface area contributed by atoms with Crippen molar-refractivity contribution < 1.29 is 9.21 Å². The highest BCUT2D eigenvalue weighted by Crippen LogP contribution is 2.18. The second-order valence-corrected chi connectivity index (χ2v) is 5.23. The van der Waals surface area contributed by atoms with Crippen LogP contribution in [0.3, 0.4) is 0 Å². The number of halogens is 1. The molecular formula is C14H15IN2O2. The summed E-state index contributed by atoms with van der Waals surface area (Å²) in [7, 11) is 1.63. The molecule has 100 valence electrons. The van der Waals surface area contributed by atoms with Gasteiger partial charge in [-0.3, -0.25) is 4.79 Å². The van der Waals surface area contributed by atoms with Crippen LogP contribution in [0.5, 0.6) is 0 Å². The highest BCUT2D eigenvalue weighted by molar-refractivity contribution is 14.1. The van der Waals surface area contributed by atoms with Gasteiger partial charge in [-0.15, -0.1) is 0 Å². The van der Waals surface area contributed by atoms with E-state index in [-0.39, 0.29) is 5.91 Å². The molecule has 0 unspecified atom stereocenters. The summed E-state index contributed by atoms with van der Waals surface area (Å²) >= 11 is 2.14. The number of hydrogen-bond acceptors (Lipinski definition) is 3. The molecule has 2 rings (SSSR count). The minimum absolute atomic E-state index is 0.0739. The van der Waals surface area contributed by atoms with Crippen LogP contribution in [0.2, 0.25) is 0 Å². The predicted octanol–water partition coefficient (Wildman–Crippen LogP) is 3.16. The molecule has 4 nitrogen and oxygen atoms in total. The largest absolute Gasteiger partial charge is 0.454 e. The van der Waals surface area contributed by atoms with Crippen LogP contribution in [0.15, 0.2) is 34.7 Å². The maximum atomic E-state index is 11.5. The Labute approximate surface area is 125 Å². The van der Waals surface area contributed by atoms with Crippen LogP contribution in [-0.2, 0) is 6.54 Å². The number of furan rings is 1. The van der Waals surface area contributed by atoms with Crippen molar-refractivity contribution in [3.8, 4) is 0 Å². The summed E-state index contributed by atoms with van der Waals surface area (Å²) in [5.41, 5.74) is 2.69. The topological polar surface area (TPSA) is 54.3 Å². The van der Waals surface area contributed by atoms with Crippen LogP contribution in [0.1, 0.15) is 21.7 Å². The van der Waals surface area contributed by atoms with Gasteiger partial charge in [0.1, 0.15) is 5.76 Å². The van der Waals surface area contributed by atoms with Gasteiger partial charge in [0.05, 0.1) is 6.54 Å². The van der Waals surface area contributed by atoms with Crippen molar-refractivity contribution in [1.82, 2.24) is 5.32 Å². The van der Waals surface area contributed by atoms with Gasteiger partial charge in [0.2, 0.25) is 0 Å². The SMILES string of the molecule is CNC(=O)c1ccc(NCc2ccc(I)o2)c(C)c1. The minimum Gasteiger partial charge on any atom is -0.454 e. The van der Waals surface area contributed by atoms with Crippen molar-refractivity contribution >= 4 is 34.2 Å². The van der Waals surface area contributed by atoms with Crippen molar-refractivity contribution in [3.05, 3.63) is 51.0 Å². The fourth-order valence-electron chi connectivity index (χ4n) is 1.78. The summed E-state index contributed by atoms with van der Waals surface area (Å²) in [5.74, 6) is 0.814. The molecular weight excluding hydrogens is 355 g/mol. The Hall–Kier alpha value is -1.50. The predicted molar refractivity (Wildman–Crippen MR) is 83.3 cm³/mol. The number of anilines is 1. The van der Waals surface area contributed by atoms with Crippen LogP contribution in [0, 0.1) is 10.7 Å². The molecule has 2 N–H and O–H groups in total. The highest BCUT2D eigenvalue weighted by Gasteiger charge is 2.06. The van der Waals surface area contributed by atoms with Crippen LogP contribution >= 0.6 is 22.6 Å². The lowest BCUT2D eigenvalue weighted by atomic mass is 10.1. The molecule has 2 aromatic rings. The lowest BCUT2D eigenvalue weighted by Crippen LogP contribution is -2.17. The molecule has 1 amide bonds. The van der Waals surface area contributed by atoms with Crippen LogP contribution in [0.4, 0.5) is 5.69 Å². The fraction of sp³-hybridized carbons (Fsp3) is 0.214. The Balaban J connectivity index is 2.07. The summed E-state index contributed by atoms with van der Waals surface area (Å²) < 4.78 is 6.36. The second-order valence-electron chi connectivity index (χ2n) is 4.17. The van der Waals surface area contributed by atoms with Crippen molar-refractivity contribution in [2.75, 3.05) is 12.4 Å². The van der Waals surface area contributed by atoms with Gasteiger partial charge in [-0.2, -0.15) is 0 Å². The summed E-state index contributed by atoms with van der Waals surface area (Å²) in [5, 5.41) is 5.91. The Morgan fingerprint density at radius 1 is 1.32 bits per heavy atom. The minimum atomic E-state index is -0.0739. The first-order valence-corrected chi connectivity index (χ1v) is 6.99. The number of rotatable bonds is 4. The number of benzene rings is 1. The third-order valence-electron chi connectivity index (χ3n) is 2.80. The Morgan fingerprint density at radius 2 is 2.11 bits per heavy atom. The number of aryl methyl sites for hydroxylation is 1. The lowest BCUT2D eigenvalue weighted by Gasteiger charge is -2.09. The first kappa shape index (κ1) is 13.9. The van der Waals surface area contributed by atoms with Crippen molar-refractivity contribution in [3.63, 3.8) is 0 Å². The molecule has 5 heteroatoms. The van der Waals surface area contributed by atoms with Gasteiger partial charge in [0.15, 0.2) is 3.77 Å². The van der Waals surface area contributed by atoms with E-state index < -0.39 is 0 Å². The molecule has 1 aromatic carbocycles. The third-order valence-corrected chi connectivity index (χ3v) is 3.38. The van der Waals surface area contributed by atoms with Crippen LogP contribution in [0.25, 0.3) is 0 Å². The normalized spacial score (nSPS) is 10.3. The molecule has 0 radical (unpaired) electrons. The van der Waals surface area contributed by atoms with Gasteiger partial charge in [-0.25, -0.2) is 0 Å². The molecule has 19 heavy (non-hydrogen) atoms. The molecule has 0 saturated carbocycles. The quantitative estimate of drug-likeness (QED) is 0.813. The van der Waals surface area contributed by atoms with E-state index in [1.165, 1.54) is 0 Å². The second kappa shape index (κ2) is 6.10. The van der Waals surface area contributed by atoms with E-state index in [9.17, 15) is 4.79 Å². The van der Waals surface area contributed by atoms with E-state index in [0.29, 0.717) is 12.1 Å². The summed E-state index contributed by atoms with van der Waals surface area (Å²) in [6.45, 7) is 2.60. The van der Waals surface area contributed by atoms with Gasteiger partial charge in [0.25, 0.3) is 5.91 Å². The molecule has 0 bridgehead atoms. The molecule has 0 aliphatic carbocycles. The average Bonchev–Trinajstić information content (AvgIpc) is 2.82. The van der Waals surface area contributed by atoms with E-state index in [2.05, 4.69) is 33.2 Å². The van der Waals surface area contributed by atoms with E-state index >= 15 is 0 Å². The standard InChI is InChI=1S/C14H15IN2O2/c1-9-7-10(14(18)16-2)3-5-12(9)17-8-11-4-6-13(15)19-11/h3-7,17H,8H2,1-2H3,(H,16,18). The first-order chi connectivity index (χ1) is 9.10. The Bertz CT molecular complexity index is 593. The molecule has 0 aliphatic heterocycles. The monoisotopic (exact) mass is 370 g/mol. The maximum Gasteiger partial charge on any atom is 0.251 e. The number of hydrogen-bond donors (Lipinski definition) is 2. The Morgan fingerprint density at radius 3 is 2.68 bits per heavy atom. The number of nitrogens with one attached hydrogen (secondary N) is 2. The van der Waals surface area contributed by atoms with Gasteiger partial charge in [-0.1, -0.05) is 0 Å². The smallest absolute Gasteiger partial charge is 0.251 e. The van der Waals surface area contributed by atoms with Crippen molar-refractivity contribution in [2.45, 2.75) is 13.5 Å². The summed E-state index contributed by atoms with van der Waals surface area (Å²) in [6.07, 6.45) is 0. The van der Waals surface area contributed by atoms with E-state index in [4.69, 9.17) is 4.42 Å². The number of amides is 1. The lowest BCUT2D eigenvalue weighted by molar-refractivity contribution is 0.0963. The van der Waals surface area contributed by atoms with Gasteiger partial charge >= 0.3 is 0 Å². The van der Waals surface area contributed by atoms with Crippen molar-refractivity contribution in [1.29, 1.82) is 0 Å². The summed E-state index contributed by atoms with van der Waals surface area (Å²) in [6, 6.07) is 9.46. The maximum absolute atomic E-state index is 11.5. The zero-order valence-electron chi connectivity index (χ0n) is 10.8. The van der Waals surface area contributed by atoms with Gasteiger partial charge < -0.3 is 15.1 Å². The van der Waals surface area contributed by atoms with Gasteiger partial charge in [0, 0.05) is 18.3 Å². The third kappa shape index (κ3) is 3.50. The van der Waals surface area contributed by atoms with Crippen molar-refractivity contribution in [2.24, 2.45) is 0 Å². The zero-order chi connectivity index (χ0) is 13.8. The Kier molecular flexibility index (Phi) is 4.47. The highest BCUT2D eigenvalue weighted by atomic mass is 127. The van der Waals surface area contributed by atoms with E-state index in [1.54, 1.807) is 13.1 Å². The molecule has 1 aromatic heterocycles. The van der Waals surface area contributed by atoms with Crippen LogP contribution in [-0.4, -0.2) is 13.0 Å². The molecule has 0 atom stereocenters. The molecule has 0 aliphatic rings. The first-order valence-electron chi connectivity index (χ1n) is 5.91.